The van der Waals surface area contributed by atoms with Crippen LogP contribution in [0.15, 0.2) is 42.6 Å². The molecule has 1 heterocycles. The number of hydrogen-bond donors (Lipinski definition) is 4. The van der Waals surface area contributed by atoms with Crippen molar-refractivity contribution >= 4 is 50.2 Å². The van der Waals surface area contributed by atoms with Crippen LogP contribution in [0.2, 0.25) is 5.02 Å². The number of anilines is 1. The zero-order valence-electron chi connectivity index (χ0n) is 18.4. The molecule has 184 valence electrons. The summed E-state index contributed by atoms with van der Waals surface area (Å²) >= 11 is 6.31. The van der Waals surface area contributed by atoms with Crippen LogP contribution in [0.1, 0.15) is 23.2 Å². The maximum atomic E-state index is 12.5. The highest BCUT2D eigenvalue weighted by Gasteiger charge is 2.23. The van der Waals surface area contributed by atoms with Crippen molar-refractivity contribution in [3.63, 3.8) is 0 Å². The van der Waals surface area contributed by atoms with E-state index in [-0.39, 0.29) is 28.4 Å². The predicted octanol–water partition coefficient (Wildman–Crippen LogP) is 3.55. The number of amides is 3. The molecule has 35 heavy (non-hydrogen) atoms. The largest absolute Gasteiger partial charge is 0.496 e. The van der Waals surface area contributed by atoms with Crippen molar-refractivity contribution in [3.05, 3.63) is 53.2 Å². The summed E-state index contributed by atoms with van der Waals surface area (Å²) < 4.78 is 42.1. The van der Waals surface area contributed by atoms with Crippen LogP contribution in [-0.2, 0) is 10.1 Å². The van der Waals surface area contributed by atoms with E-state index in [4.69, 9.17) is 25.6 Å². The molecule has 3 amide bonds. The van der Waals surface area contributed by atoms with E-state index in [0.29, 0.717) is 28.1 Å². The van der Waals surface area contributed by atoms with Gasteiger partial charge < -0.3 is 25.4 Å². The van der Waals surface area contributed by atoms with Crippen LogP contribution in [0.3, 0.4) is 0 Å². The van der Waals surface area contributed by atoms with Gasteiger partial charge in [0.2, 0.25) is 0 Å². The molecule has 4 rings (SSSR count). The highest BCUT2D eigenvalue weighted by atomic mass is 35.5. The third-order valence-electron chi connectivity index (χ3n) is 5.01. The van der Waals surface area contributed by atoms with Crippen molar-refractivity contribution in [1.29, 1.82) is 0 Å². The highest BCUT2D eigenvalue weighted by molar-refractivity contribution is 7.85. The molecule has 0 unspecified atom stereocenters. The van der Waals surface area contributed by atoms with E-state index in [2.05, 4.69) is 20.9 Å². The van der Waals surface area contributed by atoms with Crippen molar-refractivity contribution in [2.75, 3.05) is 18.3 Å². The Kier molecular flexibility index (Phi) is 6.96. The smallest absolute Gasteiger partial charge is 0.319 e. The fourth-order valence-corrected chi connectivity index (χ4v) is 3.73. The first-order valence-electron chi connectivity index (χ1n) is 10.4. The number of pyridine rings is 1. The Hall–Kier alpha value is -3.61. The van der Waals surface area contributed by atoms with E-state index in [1.165, 1.54) is 31.5 Å². The van der Waals surface area contributed by atoms with Gasteiger partial charge in [0.1, 0.15) is 23.1 Å². The molecule has 1 fully saturated rings. The number of aromatic nitrogens is 1. The number of fused-ring (bicyclic) bond motifs is 1. The van der Waals surface area contributed by atoms with Gasteiger partial charge in [0.05, 0.1) is 28.9 Å². The van der Waals surface area contributed by atoms with E-state index in [1.54, 1.807) is 18.2 Å². The number of hydrogen-bond acceptors (Lipinski definition) is 7. The van der Waals surface area contributed by atoms with Gasteiger partial charge in [0, 0.05) is 29.8 Å². The van der Waals surface area contributed by atoms with Gasteiger partial charge in [-0.2, -0.15) is 8.42 Å². The van der Waals surface area contributed by atoms with Gasteiger partial charge in [-0.05, 0) is 37.1 Å². The summed E-state index contributed by atoms with van der Waals surface area (Å²) in [6.07, 6.45) is 3.43. The molecule has 1 aliphatic rings. The van der Waals surface area contributed by atoms with Gasteiger partial charge in [0.25, 0.3) is 16.0 Å². The Labute approximate surface area is 205 Å². The van der Waals surface area contributed by atoms with Crippen LogP contribution in [0.25, 0.3) is 10.9 Å². The molecule has 11 nitrogen and oxygen atoms in total. The van der Waals surface area contributed by atoms with Crippen molar-refractivity contribution < 1.29 is 32.0 Å². The fraction of sp³-hybridized carbons (Fsp3) is 0.227. The van der Waals surface area contributed by atoms with Crippen molar-refractivity contribution in [3.8, 4) is 17.2 Å². The fourth-order valence-electron chi connectivity index (χ4n) is 3.19. The second kappa shape index (κ2) is 9.94. The number of urea groups is 1. The molecule has 0 saturated heterocycles. The van der Waals surface area contributed by atoms with Crippen LogP contribution >= 0.6 is 11.6 Å². The minimum Gasteiger partial charge on any atom is -0.496 e. The first-order valence-corrected chi connectivity index (χ1v) is 12.4. The Morgan fingerprint density at radius 2 is 1.94 bits per heavy atom. The summed E-state index contributed by atoms with van der Waals surface area (Å²) in [5, 5.41) is 8.32. The number of carbonyl (C=O) groups is 2. The lowest BCUT2D eigenvalue weighted by Crippen LogP contribution is -2.30. The number of carbonyl (C=O) groups excluding carboxylic acids is 2. The highest BCUT2D eigenvalue weighted by Crippen LogP contribution is 2.35. The number of ether oxygens (including phenoxy) is 2. The van der Waals surface area contributed by atoms with E-state index in [1.807, 2.05) is 0 Å². The molecule has 0 aliphatic heterocycles. The summed E-state index contributed by atoms with van der Waals surface area (Å²) in [6.45, 7) is 0. The molecule has 0 spiro atoms. The number of halogens is 1. The molecule has 1 saturated carbocycles. The van der Waals surface area contributed by atoms with Crippen LogP contribution in [0.5, 0.6) is 17.2 Å². The van der Waals surface area contributed by atoms with Crippen LogP contribution in [-0.4, -0.2) is 48.9 Å². The average Bonchev–Trinajstić information content (AvgIpc) is 3.62. The second-order valence-electron chi connectivity index (χ2n) is 7.73. The van der Waals surface area contributed by atoms with Crippen molar-refractivity contribution in [2.24, 2.45) is 0 Å². The van der Waals surface area contributed by atoms with E-state index in [0.717, 1.165) is 12.8 Å². The van der Waals surface area contributed by atoms with Crippen molar-refractivity contribution in [2.45, 2.75) is 18.9 Å². The van der Waals surface area contributed by atoms with Crippen LogP contribution in [0, 0.1) is 0 Å². The lowest BCUT2D eigenvalue weighted by molar-refractivity contribution is 0.0956. The van der Waals surface area contributed by atoms with Gasteiger partial charge in [0.15, 0.2) is 0 Å². The first-order chi connectivity index (χ1) is 16.6. The third-order valence-corrected chi connectivity index (χ3v) is 5.83. The van der Waals surface area contributed by atoms with Gasteiger partial charge in [-0.25, -0.2) is 4.79 Å². The Morgan fingerprint density at radius 3 is 2.60 bits per heavy atom. The second-order valence-corrected chi connectivity index (χ2v) is 9.59. The standard InChI is InChI=1S/C22H21ClN4O7S/c1-33-20-10-18-14(9-15(20)21(28)25-11-35(30,31)32)19(6-7-24-18)34-13-4-5-17(16(23)8-13)27-22(29)26-12-2-3-12/h4-10,12H,2-3,11H2,1H3,(H,25,28)(H2,26,27,29)(H,30,31,32). The molecule has 2 aromatic carbocycles. The van der Waals surface area contributed by atoms with E-state index < -0.39 is 21.9 Å². The Bertz CT molecular complexity index is 1410. The number of benzene rings is 2. The van der Waals surface area contributed by atoms with E-state index in [9.17, 15) is 18.0 Å². The summed E-state index contributed by atoms with van der Waals surface area (Å²) in [5.41, 5.74) is 0.881. The zero-order chi connectivity index (χ0) is 25.2. The summed E-state index contributed by atoms with van der Waals surface area (Å²) in [6, 6.07) is 9.14. The van der Waals surface area contributed by atoms with Gasteiger partial charge in [-0.1, -0.05) is 11.6 Å². The number of rotatable bonds is 8. The molecule has 4 N–H and O–H groups in total. The Morgan fingerprint density at radius 1 is 1.17 bits per heavy atom. The van der Waals surface area contributed by atoms with E-state index >= 15 is 0 Å². The van der Waals surface area contributed by atoms with Gasteiger partial charge >= 0.3 is 6.03 Å². The molecule has 3 aromatic rings. The molecule has 0 atom stereocenters. The molecular formula is C22H21ClN4O7S. The maximum absolute atomic E-state index is 12.5. The van der Waals surface area contributed by atoms with Crippen molar-refractivity contribution in [1.82, 2.24) is 15.6 Å². The average molecular weight is 521 g/mol. The SMILES string of the molecule is COc1cc2nccc(Oc3ccc(NC(=O)NC4CC4)c(Cl)c3)c2cc1C(=O)NCS(=O)(=O)O. The topological polar surface area (TPSA) is 156 Å². The first kappa shape index (κ1) is 24.5. The molecule has 13 heteroatoms. The number of methoxy groups -OCH3 is 1. The molecule has 0 bridgehead atoms. The molecular weight excluding hydrogens is 500 g/mol. The van der Waals surface area contributed by atoms with Crippen LogP contribution in [0.4, 0.5) is 10.5 Å². The summed E-state index contributed by atoms with van der Waals surface area (Å²) in [5.74, 6) is -0.883. The minimum atomic E-state index is -4.41. The van der Waals surface area contributed by atoms with Gasteiger partial charge in [-0.15, -0.1) is 0 Å². The minimum absolute atomic E-state index is 0.0146. The van der Waals surface area contributed by atoms with Gasteiger partial charge in [-0.3, -0.25) is 14.3 Å². The summed E-state index contributed by atoms with van der Waals surface area (Å²) in [7, 11) is -3.06. The summed E-state index contributed by atoms with van der Waals surface area (Å²) in [4.78, 5) is 28.8. The lowest BCUT2D eigenvalue weighted by Gasteiger charge is -2.14. The van der Waals surface area contributed by atoms with Crippen LogP contribution < -0.4 is 25.4 Å². The number of nitrogens with one attached hydrogen (secondary N) is 3. The predicted molar refractivity (Wildman–Crippen MR) is 129 cm³/mol. The number of nitrogens with zero attached hydrogens (tertiary/aromatic N) is 1. The third kappa shape index (κ3) is 6.29. The Balaban J connectivity index is 1.59. The molecule has 0 radical (unpaired) electrons. The lowest BCUT2D eigenvalue weighted by atomic mass is 10.1. The monoisotopic (exact) mass is 520 g/mol. The quantitative estimate of drug-likeness (QED) is 0.328. The molecule has 1 aliphatic carbocycles. The molecule has 1 aromatic heterocycles. The normalized spacial score (nSPS) is 13.2. The zero-order valence-corrected chi connectivity index (χ0v) is 19.9. The maximum Gasteiger partial charge on any atom is 0.319 e.